The minimum Gasteiger partial charge on any atom is -0.457 e. The molecule has 0 spiro atoms. The third-order valence-electron chi connectivity index (χ3n) is 2.53. The van der Waals surface area contributed by atoms with E-state index in [2.05, 4.69) is 10.2 Å². The van der Waals surface area contributed by atoms with Gasteiger partial charge in [-0.25, -0.2) is 0 Å². The van der Waals surface area contributed by atoms with Gasteiger partial charge in [-0.15, -0.1) is 5.10 Å². The van der Waals surface area contributed by atoms with Crippen molar-refractivity contribution in [1.29, 1.82) is 0 Å². The van der Waals surface area contributed by atoms with Gasteiger partial charge in [0.05, 0.1) is 5.56 Å². The van der Waals surface area contributed by atoms with Crippen LogP contribution in [0.3, 0.4) is 0 Å². The molecular weight excluding hydrogens is 242 g/mol. The van der Waals surface area contributed by atoms with Crippen LogP contribution in [0.1, 0.15) is 0 Å². The minimum absolute atomic E-state index is 0.0320. The first-order valence-corrected chi connectivity index (χ1v) is 5.74. The van der Waals surface area contributed by atoms with Crippen molar-refractivity contribution in [3.8, 4) is 23.0 Å². The molecule has 0 aliphatic heterocycles. The summed E-state index contributed by atoms with van der Waals surface area (Å²) in [4.78, 5) is 0. The second-order valence-corrected chi connectivity index (χ2v) is 3.86. The van der Waals surface area contributed by atoms with Crippen molar-refractivity contribution in [1.82, 2.24) is 10.2 Å². The third-order valence-corrected chi connectivity index (χ3v) is 2.53. The Morgan fingerprint density at radius 2 is 1.63 bits per heavy atom. The molecule has 0 aliphatic rings. The summed E-state index contributed by atoms with van der Waals surface area (Å²) >= 11 is 0. The van der Waals surface area contributed by atoms with Gasteiger partial charge in [-0.3, -0.25) is 0 Å². The van der Waals surface area contributed by atoms with Crippen molar-refractivity contribution in [2.24, 2.45) is 0 Å². The van der Waals surface area contributed by atoms with E-state index in [9.17, 15) is 0 Å². The predicted molar refractivity (Wildman–Crippen MR) is 70.7 cm³/mol. The van der Waals surface area contributed by atoms with Crippen LogP contribution in [0.15, 0.2) is 59.0 Å². The van der Waals surface area contributed by atoms with Crippen LogP contribution in [-0.4, -0.2) is 10.2 Å². The molecule has 3 aromatic rings. The lowest BCUT2D eigenvalue weighted by Crippen LogP contribution is -1.88. The van der Waals surface area contributed by atoms with Crippen LogP contribution < -0.4 is 10.5 Å². The Morgan fingerprint density at radius 1 is 0.895 bits per heavy atom. The largest absolute Gasteiger partial charge is 0.457 e. The van der Waals surface area contributed by atoms with E-state index in [-0.39, 0.29) is 6.01 Å². The van der Waals surface area contributed by atoms with Crippen molar-refractivity contribution in [3.05, 3.63) is 54.6 Å². The van der Waals surface area contributed by atoms with Crippen LogP contribution in [0.4, 0.5) is 6.01 Å². The second-order valence-electron chi connectivity index (χ2n) is 3.86. The molecule has 19 heavy (non-hydrogen) atoms. The van der Waals surface area contributed by atoms with E-state index < -0.39 is 0 Å². The van der Waals surface area contributed by atoms with Crippen LogP contribution in [0.25, 0.3) is 11.5 Å². The van der Waals surface area contributed by atoms with Crippen LogP contribution in [0, 0.1) is 0 Å². The van der Waals surface area contributed by atoms with Gasteiger partial charge >= 0.3 is 6.01 Å². The molecule has 0 amide bonds. The molecule has 0 bridgehead atoms. The van der Waals surface area contributed by atoms with Gasteiger partial charge in [0.15, 0.2) is 0 Å². The van der Waals surface area contributed by atoms with Crippen molar-refractivity contribution in [3.63, 3.8) is 0 Å². The molecule has 0 radical (unpaired) electrons. The molecule has 0 saturated heterocycles. The Bertz CT molecular complexity index is 680. The zero-order valence-corrected chi connectivity index (χ0v) is 9.98. The SMILES string of the molecule is Nc1nnc(-c2ccccc2Oc2ccccc2)o1. The van der Waals surface area contributed by atoms with Gasteiger partial charge in [-0.2, -0.15) is 0 Å². The zero-order valence-electron chi connectivity index (χ0n) is 9.98. The van der Waals surface area contributed by atoms with E-state index >= 15 is 0 Å². The van der Waals surface area contributed by atoms with Gasteiger partial charge in [0.25, 0.3) is 5.89 Å². The van der Waals surface area contributed by atoms with E-state index in [0.29, 0.717) is 17.2 Å². The summed E-state index contributed by atoms with van der Waals surface area (Å²) in [5.41, 5.74) is 6.14. The smallest absolute Gasteiger partial charge is 0.313 e. The Kier molecular flexibility index (Phi) is 2.86. The molecule has 0 unspecified atom stereocenters. The number of hydrogen-bond donors (Lipinski definition) is 1. The number of nitrogens with two attached hydrogens (primary N) is 1. The first-order valence-electron chi connectivity index (χ1n) is 5.74. The van der Waals surface area contributed by atoms with Crippen molar-refractivity contribution >= 4 is 6.01 Å². The van der Waals surface area contributed by atoms with Crippen LogP contribution in [-0.2, 0) is 0 Å². The fraction of sp³-hybridized carbons (Fsp3) is 0. The molecule has 1 aromatic heterocycles. The highest BCUT2D eigenvalue weighted by molar-refractivity contribution is 5.63. The predicted octanol–water partition coefficient (Wildman–Crippen LogP) is 3.11. The van der Waals surface area contributed by atoms with Crippen molar-refractivity contribution in [2.75, 3.05) is 5.73 Å². The van der Waals surface area contributed by atoms with Crippen LogP contribution in [0.2, 0.25) is 0 Å². The van der Waals surface area contributed by atoms with Gasteiger partial charge < -0.3 is 14.9 Å². The maximum Gasteiger partial charge on any atom is 0.313 e. The first kappa shape index (κ1) is 11.3. The van der Waals surface area contributed by atoms with Gasteiger partial charge in [-0.05, 0) is 24.3 Å². The maximum atomic E-state index is 5.80. The summed E-state index contributed by atoms with van der Waals surface area (Å²) in [6.45, 7) is 0. The number of nitrogens with zero attached hydrogens (tertiary/aromatic N) is 2. The quantitative estimate of drug-likeness (QED) is 0.776. The first-order chi connectivity index (χ1) is 9.33. The lowest BCUT2D eigenvalue weighted by Gasteiger charge is -2.08. The van der Waals surface area contributed by atoms with Gasteiger partial charge in [0.1, 0.15) is 11.5 Å². The molecule has 2 N–H and O–H groups in total. The lowest BCUT2D eigenvalue weighted by atomic mass is 10.2. The Hall–Kier alpha value is -2.82. The van der Waals surface area contributed by atoms with E-state index in [1.54, 1.807) is 0 Å². The number of benzene rings is 2. The number of anilines is 1. The summed E-state index contributed by atoms with van der Waals surface area (Å²) in [6, 6.07) is 16.9. The summed E-state index contributed by atoms with van der Waals surface area (Å²) in [6.07, 6.45) is 0. The van der Waals surface area contributed by atoms with Gasteiger partial charge in [0, 0.05) is 0 Å². The number of nitrogen functional groups attached to an aromatic ring is 1. The summed E-state index contributed by atoms with van der Waals surface area (Å²) in [7, 11) is 0. The average Bonchev–Trinajstić information content (AvgIpc) is 2.87. The Labute approximate surface area is 109 Å². The molecule has 5 heteroatoms. The molecule has 3 rings (SSSR count). The molecule has 0 saturated carbocycles. The van der Waals surface area contributed by atoms with Gasteiger partial charge in [-0.1, -0.05) is 35.4 Å². The standard InChI is InChI=1S/C14H11N3O2/c15-14-17-16-13(19-14)11-8-4-5-9-12(11)18-10-6-2-1-3-7-10/h1-9H,(H2,15,17). The molecule has 0 atom stereocenters. The van der Waals surface area contributed by atoms with E-state index in [1.165, 1.54) is 0 Å². The lowest BCUT2D eigenvalue weighted by molar-refractivity contribution is 0.481. The highest BCUT2D eigenvalue weighted by atomic mass is 16.5. The molecular formula is C14H11N3O2. The second kappa shape index (κ2) is 4.81. The number of para-hydroxylation sites is 2. The molecule has 0 aliphatic carbocycles. The minimum atomic E-state index is 0.0320. The van der Waals surface area contributed by atoms with Gasteiger partial charge in [0.2, 0.25) is 0 Å². The van der Waals surface area contributed by atoms with Crippen molar-refractivity contribution < 1.29 is 9.15 Å². The zero-order chi connectivity index (χ0) is 13.1. The average molecular weight is 253 g/mol. The third kappa shape index (κ3) is 2.40. The summed E-state index contributed by atoms with van der Waals surface area (Å²) < 4.78 is 11.0. The molecule has 5 nitrogen and oxygen atoms in total. The number of aromatic nitrogens is 2. The van der Waals surface area contributed by atoms with E-state index in [4.69, 9.17) is 14.9 Å². The molecule has 0 fully saturated rings. The van der Waals surface area contributed by atoms with Crippen molar-refractivity contribution in [2.45, 2.75) is 0 Å². The Morgan fingerprint density at radius 3 is 2.37 bits per heavy atom. The molecule has 1 heterocycles. The monoisotopic (exact) mass is 253 g/mol. The van der Waals surface area contributed by atoms with Crippen LogP contribution >= 0.6 is 0 Å². The number of hydrogen-bond acceptors (Lipinski definition) is 5. The Balaban J connectivity index is 1.98. The normalized spacial score (nSPS) is 10.3. The maximum absolute atomic E-state index is 5.80. The summed E-state index contributed by atoms with van der Waals surface area (Å²) in [5, 5.41) is 7.51. The fourth-order valence-electron chi connectivity index (χ4n) is 1.69. The highest BCUT2D eigenvalue weighted by Crippen LogP contribution is 2.32. The number of ether oxygens (including phenoxy) is 1. The topological polar surface area (TPSA) is 74.2 Å². The molecule has 94 valence electrons. The fourth-order valence-corrected chi connectivity index (χ4v) is 1.69. The van der Waals surface area contributed by atoms with E-state index in [1.807, 2.05) is 54.6 Å². The van der Waals surface area contributed by atoms with E-state index in [0.717, 1.165) is 5.75 Å². The highest BCUT2D eigenvalue weighted by Gasteiger charge is 2.12. The number of rotatable bonds is 3. The van der Waals surface area contributed by atoms with Crippen LogP contribution in [0.5, 0.6) is 11.5 Å². The molecule has 2 aromatic carbocycles. The summed E-state index contributed by atoms with van der Waals surface area (Å²) in [5.74, 6) is 1.71.